The van der Waals surface area contributed by atoms with Crippen LogP contribution in [-0.4, -0.2) is 0 Å². The SMILES string of the molecule is Fc1cc(F)cc(NCc2cc(Br)cs2)c1. The van der Waals surface area contributed by atoms with Gasteiger partial charge in [-0.1, -0.05) is 0 Å². The molecule has 1 N–H and O–H groups in total. The second kappa shape index (κ2) is 4.93. The highest BCUT2D eigenvalue weighted by atomic mass is 79.9. The van der Waals surface area contributed by atoms with Crippen LogP contribution in [0, 0.1) is 11.6 Å². The van der Waals surface area contributed by atoms with Crippen LogP contribution in [0.5, 0.6) is 0 Å². The monoisotopic (exact) mass is 303 g/mol. The first-order valence-electron chi connectivity index (χ1n) is 4.56. The number of hydrogen-bond acceptors (Lipinski definition) is 2. The van der Waals surface area contributed by atoms with E-state index in [2.05, 4.69) is 21.2 Å². The summed E-state index contributed by atoms with van der Waals surface area (Å²) in [5.41, 5.74) is 0.446. The number of rotatable bonds is 3. The van der Waals surface area contributed by atoms with E-state index in [1.54, 1.807) is 11.3 Å². The second-order valence-corrected chi connectivity index (χ2v) is 5.15. The molecule has 0 atom stereocenters. The van der Waals surface area contributed by atoms with Crippen molar-refractivity contribution < 1.29 is 8.78 Å². The van der Waals surface area contributed by atoms with Crippen molar-refractivity contribution in [3.8, 4) is 0 Å². The lowest BCUT2D eigenvalue weighted by atomic mass is 10.3. The summed E-state index contributed by atoms with van der Waals surface area (Å²) >= 11 is 4.92. The smallest absolute Gasteiger partial charge is 0.128 e. The van der Waals surface area contributed by atoms with Gasteiger partial charge in [0.25, 0.3) is 0 Å². The van der Waals surface area contributed by atoms with Crippen molar-refractivity contribution in [3.05, 3.63) is 50.6 Å². The van der Waals surface area contributed by atoms with Crippen LogP contribution in [0.2, 0.25) is 0 Å². The lowest BCUT2D eigenvalue weighted by Crippen LogP contribution is -1.98. The minimum Gasteiger partial charge on any atom is -0.380 e. The van der Waals surface area contributed by atoms with Gasteiger partial charge in [-0.2, -0.15) is 0 Å². The van der Waals surface area contributed by atoms with Crippen LogP contribution in [-0.2, 0) is 6.54 Å². The normalized spacial score (nSPS) is 10.4. The van der Waals surface area contributed by atoms with Gasteiger partial charge in [0, 0.05) is 33.0 Å². The Bertz CT molecular complexity index is 478. The lowest BCUT2D eigenvalue weighted by Gasteiger charge is -2.04. The molecular weight excluding hydrogens is 296 g/mol. The summed E-state index contributed by atoms with van der Waals surface area (Å²) in [6.45, 7) is 0.555. The highest BCUT2D eigenvalue weighted by molar-refractivity contribution is 9.10. The molecule has 0 aliphatic heterocycles. The van der Waals surface area contributed by atoms with Crippen LogP contribution in [0.3, 0.4) is 0 Å². The molecular formula is C11H8BrF2NS. The van der Waals surface area contributed by atoms with E-state index < -0.39 is 11.6 Å². The van der Waals surface area contributed by atoms with Crippen molar-refractivity contribution in [1.29, 1.82) is 0 Å². The fourth-order valence-corrected chi connectivity index (χ4v) is 2.68. The standard InChI is InChI=1S/C11H8BrF2NS/c12-7-1-11(16-6-7)5-15-10-3-8(13)2-9(14)4-10/h1-4,6,15H,5H2. The van der Waals surface area contributed by atoms with Crippen LogP contribution in [0.4, 0.5) is 14.5 Å². The summed E-state index contributed by atoms with van der Waals surface area (Å²) < 4.78 is 26.8. The molecule has 0 aliphatic carbocycles. The van der Waals surface area contributed by atoms with Crippen molar-refractivity contribution >= 4 is 33.0 Å². The zero-order valence-electron chi connectivity index (χ0n) is 8.14. The Hall–Kier alpha value is -0.940. The van der Waals surface area contributed by atoms with Crippen molar-refractivity contribution in [2.24, 2.45) is 0 Å². The Balaban J connectivity index is 2.04. The third kappa shape index (κ3) is 3.02. The largest absolute Gasteiger partial charge is 0.380 e. The molecule has 0 saturated heterocycles. The Morgan fingerprint density at radius 3 is 2.38 bits per heavy atom. The van der Waals surface area contributed by atoms with E-state index in [0.29, 0.717) is 12.2 Å². The van der Waals surface area contributed by atoms with Crippen molar-refractivity contribution in [1.82, 2.24) is 0 Å². The average molecular weight is 304 g/mol. The average Bonchev–Trinajstić information content (AvgIpc) is 2.60. The third-order valence-corrected chi connectivity index (χ3v) is 3.65. The van der Waals surface area contributed by atoms with Crippen LogP contribution in [0.15, 0.2) is 34.1 Å². The molecule has 0 fully saturated rings. The molecule has 16 heavy (non-hydrogen) atoms. The van der Waals surface area contributed by atoms with Gasteiger partial charge in [0.15, 0.2) is 0 Å². The Kier molecular flexibility index (Phi) is 3.56. The van der Waals surface area contributed by atoms with Crippen LogP contribution in [0.1, 0.15) is 4.88 Å². The number of hydrogen-bond donors (Lipinski definition) is 1. The van der Waals surface area contributed by atoms with Crippen molar-refractivity contribution in [2.45, 2.75) is 6.54 Å². The molecule has 1 aromatic carbocycles. The van der Waals surface area contributed by atoms with E-state index in [1.165, 1.54) is 12.1 Å². The van der Waals surface area contributed by atoms with E-state index in [4.69, 9.17) is 0 Å². The molecule has 5 heteroatoms. The molecule has 0 radical (unpaired) electrons. The highest BCUT2D eigenvalue weighted by Gasteiger charge is 2.01. The minimum atomic E-state index is -0.574. The van der Waals surface area contributed by atoms with Crippen LogP contribution in [0.25, 0.3) is 0 Å². The van der Waals surface area contributed by atoms with E-state index in [1.807, 2.05) is 11.4 Å². The molecule has 1 nitrogen and oxygen atoms in total. The van der Waals surface area contributed by atoms with Crippen LogP contribution < -0.4 is 5.32 Å². The van der Waals surface area contributed by atoms with Crippen molar-refractivity contribution in [2.75, 3.05) is 5.32 Å². The van der Waals surface area contributed by atoms with Gasteiger partial charge in [-0.3, -0.25) is 0 Å². The summed E-state index contributed by atoms with van der Waals surface area (Å²) in [5.74, 6) is -1.15. The molecule has 0 unspecified atom stereocenters. The first-order chi connectivity index (χ1) is 7.63. The first-order valence-corrected chi connectivity index (χ1v) is 6.23. The number of thiophene rings is 1. The van der Waals surface area contributed by atoms with Gasteiger partial charge in [-0.25, -0.2) is 8.78 Å². The third-order valence-electron chi connectivity index (χ3n) is 1.95. The molecule has 2 rings (SSSR count). The number of benzene rings is 1. The number of nitrogens with one attached hydrogen (secondary N) is 1. The van der Waals surface area contributed by atoms with Gasteiger partial charge >= 0.3 is 0 Å². The van der Waals surface area contributed by atoms with E-state index in [9.17, 15) is 8.78 Å². The number of anilines is 1. The topological polar surface area (TPSA) is 12.0 Å². The van der Waals surface area contributed by atoms with Gasteiger partial charge in [-0.05, 0) is 34.1 Å². The van der Waals surface area contributed by atoms with Crippen molar-refractivity contribution in [3.63, 3.8) is 0 Å². The predicted octanol–water partition coefficient (Wildman–Crippen LogP) is 4.40. The molecule has 84 valence electrons. The Morgan fingerprint density at radius 2 is 1.81 bits per heavy atom. The molecule has 1 heterocycles. The molecule has 0 saturated carbocycles. The maximum absolute atomic E-state index is 12.9. The van der Waals surface area contributed by atoms with E-state index in [-0.39, 0.29) is 0 Å². The Labute approximate surface area is 104 Å². The second-order valence-electron chi connectivity index (χ2n) is 3.24. The molecule has 0 spiro atoms. The molecule has 1 aromatic heterocycles. The van der Waals surface area contributed by atoms with Gasteiger partial charge in [0.1, 0.15) is 11.6 Å². The summed E-state index contributed by atoms with van der Waals surface area (Å²) in [5, 5.41) is 4.93. The predicted molar refractivity (Wildman–Crippen MR) is 65.7 cm³/mol. The van der Waals surface area contributed by atoms with Gasteiger partial charge in [0.2, 0.25) is 0 Å². The Morgan fingerprint density at radius 1 is 1.12 bits per heavy atom. The minimum absolute atomic E-state index is 0.446. The molecule has 0 bridgehead atoms. The maximum Gasteiger partial charge on any atom is 0.128 e. The highest BCUT2D eigenvalue weighted by Crippen LogP contribution is 2.21. The van der Waals surface area contributed by atoms with Gasteiger partial charge in [0.05, 0.1) is 0 Å². The van der Waals surface area contributed by atoms with Gasteiger partial charge in [-0.15, -0.1) is 11.3 Å². The molecule has 2 aromatic rings. The lowest BCUT2D eigenvalue weighted by molar-refractivity contribution is 0.584. The first kappa shape index (κ1) is 11.5. The fourth-order valence-electron chi connectivity index (χ4n) is 1.29. The quantitative estimate of drug-likeness (QED) is 0.886. The summed E-state index contributed by atoms with van der Waals surface area (Å²) in [4.78, 5) is 1.09. The number of halogens is 3. The van der Waals surface area contributed by atoms with E-state index in [0.717, 1.165) is 15.4 Å². The summed E-state index contributed by atoms with van der Waals surface area (Å²) in [6.07, 6.45) is 0. The zero-order chi connectivity index (χ0) is 11.5. The van der Waals surface area contributed by atoms with Gasteiger partial charge < -0.3 is 5.32 Å². The molecule has 0 aliphatic rings. The summed E-state index contributed by atoms with van der Waals surface area (Å²) in [6, 6.07) is 5.36. The van der Waals surface area contributed by atoms with E-state index >= 15 is 0 Å². The molecule has 0 amide bonds. The zero-order valence-corrected chi connectivity index (χ0v) is 10.5. The summed E-state index contributed by atoms with van der Waals surface area (Å²) in [7, 11) is 0. The fraction of sp³-hybridized carbons (Fsp3) is 0.0909. The maximum atomic E-state index is 12.9. The van der Waals surface area contributed by atoms with Crippen LogP contribution >= 0.6 is 27.3 Å².